The van der Waals surface area contributed by atoms with Crippen molar-refractivity contribution >= 4 is 5.96 Å². The van der Waals surface area contributed by atoms with Crippen molar-refractivity contribution in [1.29, 1.82) is 0 Å². The maximum absolute atomic E-state index is 8.73. The fourth-order valence-electron chi connectivity index (χ4n) is 2.33. The van der Waals surface area contributed by atoms with E-state index in [0.29, 0.717) is 19.8 Å². The molecule has 0 aliphatic rings. The number of aliphatic hydroxyl groups is 1. The van der Waals surface area contributed by atoms with Crippen LogP contribution in [0.3, 0.4) is 0 Å². The molecule has 0 amide bonds. The van der Waals surface area contributed by atoms with E-state index in [1.54, 1.807) is 6.26 Å². The van der Waals surface area contributed by atoms with E-state index in [4.69, 9.17) is 14.3 Å². The van der Waals surface area contributed by atoms with E-state index in [-0.39, 0.29) is 12.6 Å². The lowest BCUT2D eigenvalue weighted by atomic mass is 10.1. The zero-order valence-electron chi connectivity index (χ0n) is 14.6. The average Bonchev–Trinajstić information content (AvgIpc) is 3.15. The van der Waals surface area contributed by atoms with Crippen LogP contribution in [-0.2, 0) is 11.2 Å². The molecule has 6 heteroatoms. The van der Waals surface area contributed by atoms with Crippen LogP contribution in [0, 0.1) is 0 Å². The number of rotatable bonds is 10. The fraction of sp³-hybridized carbons (Fsp3) is 0.421. The second-order valence-electron chi connectivity index (χ2n) is 5.60. The molecule has 0 saturated carbocycles. The Balaban J connectivity index is 1.87. The van der Waals surface area contributed by atoms with Crippen LogP contribution in [-0.4, -0.2) is 44.0 Å². The first-order chi connectivity index (χ1) is 12.3. The van der Waals surface area contributed by atoms with Gasteiger partial charge in [-0.1, -0.05) is 30.3 Å². The van der Waals surface area contributed by atoms with Gasteiger partial charge in [-0.15, -0.1) is 0 Å². The quantitative estimate of drug-likeness (QED) is 0.349. The van der Waals surface area contributed by atoms with Gasteiger partial charge in [-0.05, 0) is 24.6 Å². The SMILES string of the molecule is CC(NC(=NCCOCCO)NCCc1ccco1)c1ccccc1. The van der Waals surface area contributed by atoms with E-state index in [0.717, 1.165) is 24.7 Å². The normalized spacial score (nSPS) is 12.8. The third kappa shape index (κ3) is 7.41. The van der Waals surface area contributed by atoms with Crippen LogP contribution in [0.4, 0.5) is 0 Å². The summed E-state index contributed by atoms with van der Waals surface area (Å²) in [5, 5.41) is 15.5. The van der Waals surface area contributed by atoms with Gasteiger partial charge < -0.3 is 24.9 Å². The Labute approximate surface area is 148 Å². The monoisotopic (exact) mass is 345 g/mol. The molecule has 3 N–H and O–H groups in total. The molecule has 0 bridgehead atoms. The lowest BCUT2D eigenvalue weighted by Gasteiger charge is -2.18. The van der Waals surface area contributed by atoms with Crippen LogP contribution in [0.5, 0.6) is 0 Å². The molecule has 0 aliphatic carbocycles. The molecule has 25 heavy (non-hydrogen) atoms. The molecular weight excluding hydrogens is 318 g/mol. The van der Waals surface area contributed by atoms with Crippen LogP contribution >= 0.6 is 0 Å². The molecule has 1 aromatic carbocycles. The van der Waals surface area contributed by atoms with Crippen molar-refractivity contribution in [3.8, 4) is 0 Å². The van der Waals surface area contributed by atoms with E-state index >= 15 is 0 Å². The highest BCUT2D eigenvalue weighted by molar-refractivity contribution is 5.80. The molecule has 0 saturated heterocycles. The van der Waals surface area contributed by atoms with E-state index < -0.39 is 0 Å². The van der Waals surface area contributed by atoms with Crippen molar-refractivity contribution in [2.24, 2.45) is 4.99 Å². The van der Waals surface area contributed by atoms with Crippen molar-refractivity contribution in [1.82, 2.24) is 10.6 Å². The number of hydrogen-bond donors (Lipinski definition) is 3. The summed E-state index contributed by atoms with van der Waals surface area (Å²) in [6.07, 6.45) is 2.47. The van der Waals surface area contributed by atoms with Crippen LogP contribution in [0.15, 0.2) is 58.1 Å². The van der Waals surface area contributed by atoms with E-state index in [1.807, 2.05) is 30.3 Å². The molecule has 1 heterocycles. The van der Waals surface area contributed by atoms with Gasteiger partial charge in [0, 0.05) is 13.0 Å². The average molecular weight is 345 g/mol. The Kier molecular flexibility index (Phi) is 8.58. The molecule has 2 rings (SSSR count). The van der Waals surface area contributed by atoms with Crippen molar-refractivity contribution in [2.45, 2.75) is 19.4 Å². The molecule has 6 nitrogen and oxygen atoms in total. The summed E-state index contributed by atoms with van der Waals surface area (Å²) in [4.78, 5) is 4.54. The summed E-state index contributed by atoms with van der Waals surface area (Å²) < 4.78 is 10.6. The molecule has 136 valence electrons. The summed E-state index contributed by atoms with van der Waals surface area (Å²) in [5.74, 6) is 1.67. The van der Waals surface area contributed by atoms with E-state index in [1.165, 1.54) is 5.56 Å². The minimum atomic E-state index is 0.0290. The van der Waals surface area contributed by atoms with Gasteiger partial charge in [0.1, 0.15) is 5.76 Å². The van der Waals surface area contributed by atoms with Gasteiger partial charge in [0.15, 0.2) is 5.96 Å². The van der Waals surface area contributed by atoms with Crippen LogP contribution in [0.2, 0.25) is 0 Å². The summed E-state index contributed by atoms with van der Waals surface area (Å²) in [5.41, 5.74) is 1.19. The first-order valence-corrected chi connectivity index (χ1v) is 8.60. The van der Waals surface area contributed by atoms with Crippen molar-refractivity contribution in [3.05, 3.63) is 60.1 Å². The number of hydrogen-bond acceptors (Lipinski definition) is 4. The molecule has 0 fully saturated rings. The van der Waals surface area contributed by atoms with Gasteiger partial charge in [0.25, 0.3) is 0 Å². The summed E-state index contributed by atoms with van der Waals surface area (Å²) in [7, 11) is 0. The minimum Gasteiger partial charge on any atom is -0.469 e. The minimum absolute atomic E-state index is 0.0290. The third-order valence-electron chi connectivity index (χ3n) is 3.64. The van der Waals surface area contributed by atoms with Crippen LogP contribution in [0.1, 0.15) is 24.3 Å². The van der Waals surface area contributed by atoms with Gasteiger partial charge in [-0.2, -0.15) is 0 Å². The van der Waals surface area contributed by atoms with E-state index in [9.17, 15) is 0 Å². The highest BCUT2D eigenvalue weighted by atomic mass is 16.5. The Bertz CT molecular complexity index is 600. The predicted octanol–water partition coefficient (Wildman–Crippen LogP) is 2.13. The number of furan rings is 1. The molecule has 1 unspecified atom stereocenters. The Morgan fingerprint density at radius 2 is 2.04 bits per heavy atom. The first-order valence-electron chi connectivity index (χ1n) is 8.60. The number of benzene rings is 1. The second-order valence-corrected chi connectivity index (χ2v) is 5.60. The molecule has 0 radical (unpaired) electrons. The number of ether oxygens (including phenoxy) is 1. The standard InChI is InChI=1S/C19H27N3O3/c1-16(17-6-3-2-4-7-17)22-19(21-11-14-24-15-12-23)20-10-9-18-8-5-13-25-18/h2-8,13,16,23H,9-12,14-15H2,1H3,(H2,20,21,22). The lowest BCUT2D eigenvalue weighted by Crippen LogP contribution is -2.40. The van der Waals surface area contributed by atoms with Crippen molar-refractivity contribution in [3.63, 3.8) is 0 Å². The largest absolute Gasteiger partial charge is 0.469 e. The van der Waals surface area contributed by atoms with Gasteiger partial charge in [-0.3, -0.25) is 4.99 Å². The zero-order valence-corrected chi connectivity index (χ0v) is 14.6. The lowest BCUT2D eigenvalue weighted by molar-refractivity contribution is 0.0977. The topological polar surface area (TPSA) is 79.0 Å². The number of nitrogens with zero attached hydrogens (tertiary/aromatic N) is 1. The summed E-state index contributed by atoms with van der Waals surface area (Å²) in [6.45, 7) is 4.19. The zero-order chi connectivity index (χ0) is 17.7. The second kappa shape index (κ2) is 11.3. The molecule has 1 atom stereocenters. The van der Waals surface area contributed by atoms with E-state index in [2.05, 4.69) is 34.7 Å². The first kappa shape index (κ1) is 19.0. The van der Waals surface area contributed by atoms with Crippen molar-refractivity contribution in [2.75, 3.05) is 32.9 Å². The van der Waals surface area contributed by atoms with Crippen LogP contribution < -0.4 is 10.6 Å². The number of aliphatic hydroxyl groups excluding tert-OH is 1. The highest BCUT2D eigenvalue weighted by Crippen LogP contribution is 2.10. The Morgan fingerprint density at radius 3 is 2.76 bits per heavy atom. The summed E-state index contributed by atoms with van der Waals surface area (Å²) in [6, 6.07) is 14.2. The van der Waals surface area contributed by atoms with Gasteiger partial charge in [0.2, 0.25) is 0 Å². The van der Waals surface area contributed by atoms with Gasteiger partial charge in [-0.25, -0.2) is 0 Å². The predicted molar refractivity (Wildman–Crippen MR) is 98.6 cm³/mol. The third-order valence-corrected chi connectivity index (χ3v) is 3.64. The molecule has 2 aromatic rings. The molecule has 0 spiro atoms. The highest BCUT2D eigenvalue weighted by Gasteiger charge is 2.07. The van der Waals surface area contributed by atoms with Crippen molar-refractivity contribution < 1.29 is 14.3 Å². The van der Waals surface area contributed by atoms with Gasteiger partial charge >= 0.3 is 0 Å². The number of nitrogens with one attached hydrogen (secondary N) is 2. The fourth-order valence-corrected chi connectivity index (χ4v) is 2.33. The Morgan fingerprint density at radius 1 is 1.20 bits per heavy atom. The maximum Gasteiger partial charge on any atom is 0.191 e. The molecule has 0 aliphatic heterocycles. The molecular formula is C19H27N3O3. The summed E-state index contributed by atoms with van der Waals surface area (Å²) >= 11 is 0. The molecule has 1 aromatic heterocycles. The maximum atomic E-state index is 8.73. The number of guanidine groups is 1. The van der Waals surface area contributed by atoms with Crippen LogP contribution in [0.25, 0.3) is 0 Å². The van der Waals surface area contributed by atoms with Gasteiger partial charge in [0.05, 0.1) is 38.7 Å². The number of aliphatic imine (C=N–C) groups is 1. The Hall–Kier alpha value is -2.31. The smallest absolute Gasteiger partial charge is 0.191 e.